The maximum Gasteiger partial charge on any atom is 0.321 e. The van der Waals surface area contributed by atoms with Gasteiger partial charge in [-0.3, -0.25) is 4.79 Å². The van der Waals surface area contributed by atoms with E-state index in [0.717, 1.165) is 10.0 Å². The number of carbonyl (C=O) groups is 1. The number of hydrogen-bond acceptors (Lipinski definition) is 2. The van der Waals surface area contributed by atoms with E-state index in [0.29, 0.717) is 6.42 Å². The van der Waals surface area contributed by atoms with Crippen molar-refractivity contribution in [2.45, 2.75) is 12.5 Å². The van der Waals surface area contributed by atoms with Crippen LogP contribution in [0.4, 0.5) is 0 Å². The van der Waals surface area contributed by atoms with E-state index in [-0.39, 0.29) is 12.4 Å². The first-order valence-electron chi connectivity index (χ1n) is 4.28. The van der Waals surface area contributed by atoms with Gasteiger partial charge in [-0.15, -0.1) is 12.4 Å². The molecular formula is C10H13BrClNO2. The Morgan fingerprint density at radius 2 is 2.00 bits per heavy atom. The average molecular weight is 295 g/mol. The number of hydrogen-bond donors (Lipinski definition) is 2. The molecule has 5 heteroatoms. The summed E-state index contributed by atoms with van der Waals surface area (Å²) in [5.41, 5.74) is 1.01. The first kappa shape index (κ1) is 14.4. The molecule has 0 fully saturated rings. The lowest BCUT2D eigenvalue weighted by atomic mass is 10.1. The van der Waals surface area contributed by atoms with Crippen molar-refractivity contribution < 1.29 is 9.90 Å². The molecule has 15 heavy (non-hydrogen) atoms. The summed E-state index contributed by atoms with van der Waals surface area (Å²) in [5, 5.41) is 11.6. The molecule has 0 aliphatic carbocycles. The third-order valence-corrected chi connectivity index (χ3v) is 2.53. The maximum atomic E-state index is 10.7. The minimum Gasteiger partial charge on any atom is -0.480 e. The second-order valence-electron chi connectivity index (χ2n) is 3.01. The number of carboxylic acid groups (broad SMARTS) is 1. The van der Waals surface area contributed by atoms with Gasteiger partial charge in [0, 0.05) is 4.47 Å². The molecule has 1 rings (SSSR count). The van der Waals surface area contributed by atoms with E-state index >= 15 is 0 Å². The van der Waals surface area contributed by atoms with Gasteiger partial charge >= 0.3 is 5.97 Å². The third-order valence-electron chi connectivity index (χ3n) is 2.00. The topological polar surface area (TPSA) is 49.3 Å². The number of halogens is 2. The fourth-order valence-electron chi connectivity index (χ4n) is 1.17. The van der Waals surface area contributed by atoms with E-state index in [1.807, 2.05) is 24.3 Å². The number of rotatable bonds is 4. The Hall–Kier alpha value is -0.580. The Morgan fingerprint density at radius 3 is 2.40 bits per heavy atom. The molecule has 0 saturated heterocycles. The number of aliphatic carboxylic acids is 1. The molecule has 0 amide bonds. The van der Waals surface area contributed by atoms with Gasteiger partial charge in [-0.2, -0.15) is 0 Å². The van der Waals surface area contributed by atoms with Crippen LogP contribution in [0, 0.1) is 0 Å². The Kier molecular flexibility index (Phi) is 6.56. The normalized spacial score (nSPS) is 11.6. The predicted molar refractivity (Wildman–Crippen MR) is 65.6 cm³/mol. The zero-order valence-corrected chi connectivity index (χ0v) is 10.6. The molecule has 84 valence electrons. The fraction of sp³-hybridized carbons (Fsp3) is 0.300. The maximum absolute atomic E-state index is 10.7. The lowest BCUT2D eigenvalue weighted by Crippen LogP contribution is -2.35. The molecule has 0 unspecified atom stereocenters. The van der Waals surface area contributed by atoms with Crippen molar-refractivity contribution >= 4 is 34.3 Å². The molecule has 3 nitrogen and oxygen atoms in total. The quantitative estimate of drug-likeness (QED) is 0.894. The molecule has 0 aliphatic rings. The number of benzene rings is 1. The van der Waals surface area contributed by atoms with Crippen LogP contribution in [0.15, 0.2) is 28.7 Å². The highest BCUT2D eigenvalue weighted by molar-refractivity contribution is 9.10. The van der Waals surface area contributed by atoms with Crippen LogP contribution in [-0.2, 0) is 11.2 Å². The number of carboxylic acids is 1. The number of nitrogens with one attached hydrogen (secondary N) is 1. The van der Waals surface area contributed by atoms with E-state index in [4.69, 9.17) is 5.11 Å². The summed E-state index contributed by atoms with van der Waals surface area (Å²) in [6.45, 7) is 0. The Morgan fingerprint density at radius 1 is 1.47 bits per heavy atom. The van der Waals surface area contributed by atoms with Crippen LogP contribution in [0.1, 0.15) is 5.56 Å². The Balaban J connectivity index is 0.00000196. The zero-order valence-electron chi connectivity index (χ0n) is 8.24. The second-order valence-corrected chi connectivity index (χ2v) is 3.93. The van der Waals surface area contributed by atoms with Gasteiger partial charge in [-0.25, -0.2) is 0 Å². The van der Waals surface area contributed by atoms with Crippen LogP contribution in [0.2, 0.25) is 0 Å². The monoisotopic (exact) mass is 293 g/mol. The smallest absolute Gasteiger partial charge is 0.321 e. The molecule has 0 spiro atoms. The minimum absolute atomic E-state index is 0. The van der Waals surface area contributed by atoms with Gasteiger partial charge in [0.2, 0.25) is 0 Å². The van der Waals surface area contributed by atoms with Crippen LogP contribution in [-0.4, -0.2) is 24.2 Å². The molecule has 0 saturated carbocycles. The highest BCUT2D eigenvalue weighted by Gasteiger charge is 2.14. The van der Waals surface area contributed by atoms with Crippen LogP contribution < -0.4 is 5.32 Å². The summed E-state index contributed by atoms with van der Waals surface area (Å²) in [4.78, 5) is 10.7. The van der Waals surface area contributed by atoms with Gasteiger partial charge in [0.25, 0.3) is 0 Å². The lowest BCUT2D eigenvalue weighted by Gasteiger charge is -2.10. The van der Waals surface area contributed by atoms with Gasteiger partial charge in [0.05, 0.1) is 0 Å². The molecule has 0 aliphatic heterocycles. The van der Waals surface area contributed by atoms with Crippen molar-refractivity contribution in [2.24, 2.45) is 0 Å². The fourth-order valence-corrected chi connectivity index (χ4v) is 1.43. The van der Waals surface area contributed by atoms with Crippen LogP contribution in [0.5, 0.6) is 0 Å². The molecule has 1 aromatic rings. The minimum atomic E-state index is -0.824. The molecule has 0 heterocycles. The van der Waals surface area contributed by atoms with Gasteiger partial charge in [0.15, 0.2) is 0 Å². The predicted octanol–water partition coefficient (Wildman–Crippen LogP) is 2.09. The van der Waals surface area contributed by atoms with E-state index in [1.54, 1.807) is 7.05 Å². The molecule has 1 aromatic carbocycles. The molecule has 2 N–H and O–H groups in total. The molecule has 0 aromatic heterocycles. The summed E-state index contributed by atoms with van der Waals surface area (Å²) >= 11 is 3.33. The summed E-state index contributed by atoms with van der Waals surface area (Å²) in [5.74, 6) is -0.824. The lowest BCUT2D eigenvalue weighted by molar-refractivity contribution is -0.139. The zero-order chi connectivity index (χ0) is 10.6. The first-order valence-corrected chi connectivity index (χ1v) is 5.07. The van der Waals surface area contributed by atoms with Crippen LogP contribution in [0.25, 0.3) is 0 Å². The third kappa shape index (κ3) is 4.64. The van der Waals surface area contributed by atoms with Crippen molar-refractivity contribution in [3.63, 3.8) is 0 Å². The van der Waals surface area contributed by atoms with E-state index < -0.39 is 12.0 Å². The van der Waals surface area contributed by atoms with E-state index in [1.165, 1.54) is 0 Å². The summed E-state index contributed by atoms with van der Waals surface area (Å²) in [6, 6.07) is 7.12. The molecule has 0 bridgehead atoms. The summed E-state index contributed by atoms with van der Waals surface area (Å²) < 4.78 is 0.998. The largest absolute Gasteiger partial charge is 0.480 e. The van der Waals surface area contributed by atoms with E-state index in [2.05, 4.69) is 21.2 Å². The van der Waals surface area contributed by atoms with Gasteiger partial charge < -0.3 is 10.4 Å². The van der Waals surface area contributed by atoms with Gasteiger partial charge in [-0.05, 0) is 31.2 Å². The Labute approximate surface area is 103 Å². The van der Waals surface area contributed by atoms with Crippen molar-refractivity contribution in [2.75, 3.05) is 7.05 Å². The van der Waals surface area contributed by atoms with Crippen molar-refractivity contribution in [3.8, 4) is 0 Å². The van der Waals surface area contributed by atoms with Gasteiger partial charge in [0.1, 0.15) is 6.04 Å². The molecule has 0 radical (unpaired) electrons. The summed E-state index contributed by atoms with van der Waals surface area (Å²) in [6.07, 6.45) is 0.499. The van der Waals surface area contributed by atoms with Crippen molar-refractivity contribution in [1.29, 1.82) is 0 Å². The van der Waals surface area contributed by atoms with Gasteiger partial charge in [-0.1, -0.05) is 28.1 Å². The SMILES string of the molecule is CN[C@@H](Cc1ccc(Br)cc1)C(=O)O.Cl. The molecule has 1 atom stereocenters. The van der Waals surface area contributed by atoms with Crippen LogP contribution in [0.3, 0.4) is 0 Å². The second kappa shape index (κ2) is 6.82. The first-order chi connectivity index (χ1) is 6.63. The Bertz CT molecular complexity index is 316. The molecular weight excluding hydrogens is 281 g/mol. The number of likely N-dealkylation sites (N-methyl/N-ethyl adjacent to an activating group) is 1. The van der Waals surface area contributed by atoms with Crippen LogP contribution >= 0.6 is 28.3 Å². The highest BCUT2D eigenvalue weighted by Crippen LogP contribution is 2.11. The standard InChI is InChI=1S/C10H12BrNO2.ClH/c1-12-9(10(13)14)6-7-2-4-8(11)5-3-7;/h2-5,9,12H,6H2,1H3,(H,13,14);1H/t9-;/m0./s1. The van der Waals surface area contributed by atoms with Crippen molar-refractivity contribution in [1.82, 2.24) is 5.32 Å². The van der Waals surface area contributed by atoms with E-state index in [9.17, 15) is 4.79 Å². The average Bonchev–Trinajstić information content (AvgIpc) is 2.16. The summed E-state index contributed by atoms with van der Waals surface area (Å²) in [7, 11) is 1.65. The van der Waals surface area contributed by atoms with Crippen molar-refractivity contribution in [3.05, 3.63) is 34.3 Å². The highest BCUT2D eigenvalue weighted by atomic mass is 79.9.